The Labute approximate surface area is 108 Å². The largest absolute Gasteiger partial charge is 0.257 e. The summed E-state index contributed by atoms with van der Waals surface area (Å²) in [6.45, 7) is 1.92. The van der Waals surface area contributed by atoms with Crippen LogP contribution in [-0.4, -0.2) is 9.19 Å². The van der Waals surface area contributed by atoms with E-state index in [0.717, 1.165) is 5.56 Å². The molecule has 2 aromatic rings. The van der Waals surface area contributed by atoms with Crippen LogP contribution in [0.1, 0.15) is 11.3 Å². The molecule has 0 saturated heterocycles. The van der Waals surface area contributed by atoms with Crippen molar-refractivity contribution in [2.45, 2.75) is 11.8 Å². The fourth-order valence-corrected chi connectivity index (χ4v) is 2.24. The molecule has 0 aliphatic carbocycles. The number of aryl methyl sites for hydroxylation is 1. The number of aromatic nitrogens is 1. The first-order valence-corrected chi connectivity index (χ1v) is 6.58. The van der Waals surface area contributed by atoms with E-state index in [-0.39, 0.29) is 0 Å². The normalized spacial score (nSPS) is 13.3. The average molecular weight is 261 g/mol. The van der Waals surface area contributed by atoms with E-state index in [0.29, 0.717) is 10.6 Å². The Bertz CT molecular complexity index is 579. The molecule has 0 saturated carbocycles. The van der Waals surface area contributed by atoms with Crippen molar-refractivity contribution in [3.8, 4) is 0 Å². The molecule has 0 unspecified atom stereocenters. The Morgan fingerprint density at radius 3 is 2.56 bits per heavy atom. The predicted octanol–water partition coefficient (Wildman–Crippen LogP) is 3.47. The topological polar surface area (TPSA) is 30.0 Å². The Balaban J connectivity index is 2.24. The van der Waals surface area contributed by atoms with Crippen LogP contribution in [0, 0.1) is 6.92 Å². The molecule has 1 aromatic heterocycles. The van der Waals surface area contributed by atoms with Crippen molar-refractivity contribution in [1.29, 1.82) is 0 Å². The number of nitrogens with zero attached hydrogens (tertiary/aromatic N) is 1. The summed E-state index contributed by atoms with van der Waals surface area (Å²) in [6.07, 6.45) is 2.75. The molecule has 92 valence electrons. The number of rotatable bonds is 3. The zero-order valence-electron chi connectivity index (χ0n) is 9.84. The molecule has 1 heterocycles. The molecule has 0 aliphatic heterocycles. The second-order valence-electron chi connectivity index (χ2n) is 3.78. The van der Waals surface area contributed by atoms with Crippen LogP contribution in [0.25, 0.3) is 6.08 Å². The van der Waals surface area contributed by atoms with Crippen LogP contribution in [0.2, 0.25) is 0 Å². The van der Waals surface area contributed by atoms with Gasteiger partial charge in [-0.3, -0.25) is 4.98 Å². The lowest BCUT2D eigenvalue weighted by atomic mass is 10.2. The third kappa shape index (κ3) is 3.11. The summed E-state index contributed by atoms with van der Waals surface area (Å²) in [4.78, 5) is 4.41. The first-order valence-electron chi connectivity index (χ1n) is 5.43. The summed E-state index contributed by atoms with van der Waals surface area (Å²) in [5, 5.41) is -0.697. The molecule has 0 bridgehead atoms. The lowest BCUT2D eigenvalue weighted by molar-refractivity contribution is 0.653. The molecule has 1 atom stereocenters. The van der Waals surface area contributed by atoms with Gasteiger partial charge in [-0.25, -0.2) is 4.21 Å². The molecule has 0 fully saturated rings. The van der Waals surface area contributed by atoms with Gasteiger partial charge in [-0.05, 0) is 31.2 Å². The Kier molecular flexibility index (Phi) is 3.99. The third-order valence-electron chi connectivity index (χ3n) is 2.36. The fraction of sp³-hybridized carbons (Fsp3) is 0.0714. The van der Waals surface area contributed by atoms with Crippen LogP contribution in [0.4, 0.5) is 4.39 Å². The van der Waals surface area contributed by atoms with Crippen molar-refractivity contribution < 1.29 is 8.60 Å². The van der Waals surface area contributed by atoms with Crippen LogP contribution in [0.15, 0.2) is 58.7 Å². The Morgan fingerprint density at radius 2 is 1.94 bits per heavy atom. The van der Waals surface area contributed by atoms with E-state index < -0.39 is 16.0 Å². The van der Waals surface area contributed by atoms with Crippen molar-refractivity contribution in [3.05, 3.63) is 65.1 Å². The van der Waals surface area contributed by atoms with Gasteiger partial charge in [0.2, 0.25) is 0 Å². The van der Waals surface area contributed by atoms with Gasteiger partial charge in [-0.2, -0.15) is 4.39 Å². The van der Waals surface area contributed by atoms with E-state index >= 15 is 0 Å². The number of halogens is 1. The first kappa shape index (κ1) is 12.6. The standard InChI is InChI=1S/C14H12FNOS/c1-11-5-7-13(8-6-11)18(17)14(15)10-12-4-2-3-9-16-12/h2-10H,1H3/b14-10-/t18-/m0/s1. The minimum absolute atomic E-state index is 0.449. The second-order valence-corrected chi connectivity index (χ2v) is 5.18. The van der Waals surface area contributed by atoms with Crippen molar-refractivity contribution in [2.75, 3.05) is 0 Å². The van der Waals surface area contributed by atoms with Gasteiger partial charge in [0.25, 0.3) is 0 Å². The monoisotopic (exact) mass is 261 g/mol. The summed E-state index contributed by atoms with van der Waals surface area (Å²) in [6, 6.07) is 12.1. The lowest BCUT2D eigenvalue weighted by Crippen LogP contribution is -1.92. The van der Waals surface area contributed by atoms with Crippen LogP contribution < -0.4 is 0 Å². The van der Waals surface area contributed by atoms with Crippen LogP contribution in [0.3, 0.4) is 0 Å². The van der Waals surface area contributed by atoms with Gasteiger partial charge in [-0.1, -0.05) is 23.8 Å². The molecule has 0 amide bonds. The molecule has 2 nitrogen and oxygen atoms in total. The maximum absolute atomic E-state index is 13.8. The Hall–Kier alpha value is -1.81. The minimum atomic E-state index is -1.78. The third-order valence-corrected chi connectivity index (χ3v) is 3.53. The van der Waals surface area contributed by atoms with Gasteiger partial charge in [0.15, 0.2) is 5.16 Å². The quantitative estimate of drug-likeness (QED) is 0.846. The zero-order chi connectivity index (χ0) is 13.0. The van der Waals surface area contributed by atoms with Crippen LogP contribution in [0.5, 0.6) is 0 Å². The number of benzene rings is 1. The van der Waals surface area contributed by atoms with Crippen LogP contribution >= 0.6 is 0 Å². The molecule has 0 N–H and O–H groups in total. The molecular weight excluding hydrogens is 249 g/mol. The maximum atomic E-state index is 13.8. The van der Waals surface area contributed by atoms with Crippen molar-refractivity contribution >= 4 is 16.9 Å². The first-order chi connectivity index (χ1) is 8.66. The van der Waals surface area contributed by atoms with Crippen molar-refractivity contribution in [2.24, 2.45) is 0 Å². The molecule has 0 radical (unpaired) electrons. The summed E-state index contributed by atoms with van der Waals surface area (Å²) in [5.74, 6) is 0. The van der Waals surface area contributed by atoms with Gasteiger partial charge < -0.3 is 0 Å². The second kappa shape index (κ2) is 5.69. The van der Waals surface area contributed by atoms with E-state index in [1.54, 1.807) is 48.7 Å². The molecular formula is C14H12FNOS. The molecule has 4 heteroatoms. The van der Waals surface area contributed by atoms with Gasteiger partial charge in [0, 0.05) is 17.2 Å². The van der Waals surface area contributed by atoms with E-state index in [2.05, 4.69) is 4.98 Å². The summed E-state index contributed by atoms with van der Waals surface area (Å²) in [7, 11) is -1.78. The van der Waals surface area contributed by atoms with Crippen LogP contribution in [-0.2, 0) is 10.8 Å². The summed E-state index contributed by atoms with van der Waals surface area (Å²) in [5.41, 5.74) is 1.50. The van der Waals surface area contributed by atoms with E-state index in [9.17, 15) is 8.60 Å². The molecule has 1 aromatic carbocycles. The molecule has 0 spiro atoms. The van der Waals surface area contributed by atoms with E-state index in [4.69, 9.17) is 0 Å². The predicted molar refractivity (Wildman–Crippen MR) is 70.9 cm³/mol. The van der Waals surface area contributed by atoms with E-state index in [1.165, 1.54) is 6.08 Å². The fourth-order valence-electron chi connectivity index (χ4n) is 1.41. The smallest absolute Gasteiger partial charge is 0.193 e. The summed E-state index contributed by atoms with van der Waals surface area (Å²) >= 11 is 0. The summed E-state index contributed by atoms with van der Waals surface area (Å²) < 4.78 is 25.7. The Morgan fingerprint density at radius 1 is 1.22 bits per heavy atom. The molecule has 18 heavy (non-hydrogen) atoms. The zero-order valence-corrected chi connectivity index (χ0v) is 10.7. The van der Waals surface area contributed by atoms with Gasteiger partial charge in [0.1, 0.15) is 10.8 Å². The highest BCUT2D eigenvalue weighted by molar-refractivity contribution is 7.89. The SMILES string of the molecule is Cc1ccc([S@](=O)/C(F)=C\c2ccccn2)cc1. The van der Waals surface area contributed by atoms with Crippen molar-refractivity contribution in [3.63, 3.8) is 0 Å². The highest BCUT2D eigenvalue weighted by Crippen LogP contribution is 2.18. The minimum Gasteiger partial charge on any atom is -0.257 e. The number of hydrogen-bond donors (Lipinski definition) is 0. The maximum Gasteiger partial charge on any atom is 0.193 e. The lowest BCUT2D eigenvalue weighted by Gasteiger charge is -2.00. The molecule has 0 aliphatic rings. The van der Waals surface area contributed by atoms with Gasteiger partial charge >= 0.3 is 0 Å². The van der Waals surface area contributed by atoms with Gasteiger partial charge in [-0.15, -0.1) is 0 Å². The van der Waals surface area contributed by atoms with Gasteiger partial charge in [0.05, 0.1) is 5.69 Å². The van der Waals surface area contributed by atoms with Crippen molar-refractivity contribution in [1.82, 2.24) is 4.98 Å². The average Bonchev–Trinajstić information content (AvgIpc) is 2.40. The highest BCUT2D eigenvalue weighted by Gasteiger charge is 2.09. The number of hydrogen-bond acceptors (Lipinski definition) is 2. The van der Waals surface area contributed by atoms with E-state index in [1.807, 2.05) is 6.92 Å². The molecule has 2 rings (SSSR count). The highest BCUT2D eigenvalue weighted by atomic mass is 32.2. The number of pyridine rings is 1.